The summed E-state index contributed by atoms with van der Waals surface area (Å²) in [5.41, 5.74) is 0.435. The summed E-state index contributed by atoms with van der Waals surface area (Å²) in [4.78, 5) is 15.0. The third-order valence-electron chi connectivity index (χ3n) is 3.38. The first-order chi connectivity index (χ1) is 10.8. The number of benzene rings is 1. The molecule has 0 radical (unpaired) electrons. The minimum atomic E-state index is -3.78. The van der Waals surface area contributed by atoms with E-state index >= 15 is 0 Å². The number of carbonyl (C=O) groups excluding carboxylic acids is 1. The minimum absolute atomic E-state index is 0.0345. The summed E-state index contributed by atoms with van der Waals surface area (Å²) in [6.07, 6.45) is 1.72. The summed E-state index contributed by atoms with van der Waals surface area (Å²) in [7, 11) is 0. The van der Waals surface area contributed by atoms with Gasteiger partial charge in [0, 0.05) is 23.6 Å². The second-order valence-electron chi connectivity index (χ2n) is 5.22. The van der Waals surface area contributed by atoms with Crippen molar-refractivity contribution in [3.8, 4) is 11.4 Å². The zero-order valence-electron chi connectivity index (χ0n) is 11.7. The Morgan fingerprint density at radius 3 is 2.74 bits per heavy atom. The molecular formula is C14H11ClF3N3O2. The zero-order valence-corrected chi connectivity index (χ0v) is 12.4. The van der Waals surface area contributed by atoms with Crippen molar-refractivity contribution in [1.29, 1.82) is 0 Å². The number of aromatic nitrogens is 2. The van der Waals surface area contributed by atoms with Crippen LogP contribution in [0.4, 0.5) is 13.2 Å². The summed E-state index contributed by atoms with van der Waals surface area (Å²) in [5, 5.41) is 2.20. The molecule has 1 aromatic carbocycles. The van der Waals surface area contributed by atoms with E-state index in [0.29, 0.717) is 0 Å². The maximum Gasteiger partial charge on any atom is 0.400 e. The van der Waals surface area contributed by atoms with Crippen LogP contribution in [0.5, 0.6) is 0 Å². The minimum Gasteiger partial charge on any atom is -0.352 e. The number of hydrogen-bond acceptors (Lipinski definition) is 4. The van der Waals surface area contributed by atoms with E-state index in [4.69, 9.17) is 11.6 Å². The predicted octanol–water partition coefficient (Wildman–Crippen LogP) is 3.19. The van der Waals surface area contributed by atoms with Gasteiger partial charge >= 0.3 is 11.3 Å². The molecule has 1 amide bonds. The average Bonchev–Trinajstić information content (AvgIpc) is 3.21. The molecule has 5 nitrogen and oxygen atoms in total. The third kappa shape index (κ3) is 3.64. The first-order valence-electron chi connectivity index (χ1n) is 6.82. The molecule has 23 heavy (non-hydrogen) atoms. The standard InChI is InChI=1S/C14H11ClF3N3O2/c15-14(17,18)13-20-11(21-23-13)8-3-4-9(10(16)5-8)6-19-12(22)7-1-2-7/h3-5,7H,1-2,6H2,(H,19,22). The van der Waals surface area contributed by atoms with Gasteiger partial charge in [-0.05, 0) is 30.5 Å². The van der Waals surface area contributed by atoms with Gasteiger partial charge in [0.25, 0.3) is 0 Å². The van der Waals surface area contributed by atoms with Crippen LogP contribution >= 0.6 is 11.6 Å². The van der Waals surface area contributed by atoms with E-state index in [2.05, 4.69) is 20.0 Å². The lowest BCUT2D eigenvalue weighted by Crippen LogP contribution is -2.24. The van der Waals surface area contributed by atoms with Crippen molar-refractivity contribution in [1.82, 2.24) is 15.5 Å². The fourth-order valence-corrected chi connectivity index (χ4v) is 2.03. The van der Waals surface area contributed by atoms with Crippen LogP contribution in [-0.2, 0) is 16.7 Å². The molecule has 1 heterocycles. The number of nitrogens with zero attached hydrogens (tertiary/aromatic N) is 2. The van der Waals surface area contributed by atoms with Gasteiger partial charge in [-0.1, -0.05) is 17.3 Å². The molecule has 1 fully saturated rings. The summed E-state index contributed by atoms with van der Waals surface area (Å²) in [5.74, 6) is -1.93. The Morgan fingerprint density at radius 2 is 2.17 bits per heavy atom. The van der Waals surface area contributed by atoms with E-state index in [1.807, 2.05) is 0 Å². The molecule has 0 aliphatic heterocycles. The molecule has 1 aliphatic rings. The largest absolute Gasteiger partial charge is 0.400 e. The number of rotatable bonds is 5. The van der Waals surface area contributed by atoms with Crippen LogP contribution in [0, 0.1) is 11.7 Å². The smallest absolute Gasteiger partial charge is 0.352 e. The normalized spacial score (nSPS) is 14.8. The highest BCUT2D eigenvalue weighted by molar-refractivity contribution is 6.21. The maximum atomic E-state index is 14.0. The highest BCUT2D eigenvalue weighted by atomic mass is 35.5. The zero-order chi connectivity index (χ0) is 16.6. The van der Waals surface area contributed by atoms with Gasteiger partial charge in [0.05, 0.1) is 0 Å². The number of amides is 1. The molecule has 1 aliphatic carbocycles. The molecule has 1 saturated carbocycles. The molecule has 0 saturated heterocycles. The molecule has 3 rings (SSSR count). The van der Waals surface area contributed by atoms with Crippen molar-refractivity contribution in [3.05, 3.63) is 35.5 Å². The second-order valence-corrected chi connectivity index (χ2v) is 5.69. The van der Waals surface area contributed by atoms with Gasteiger partial charge in [0.1, 0.15) is 5.82 Å². The quantitative estimate of drug-likeness (QED) is 0.845. The molecule has 0 spiro atoms. The Kier molecular flexibility index (Phi) is 4.01. The fraction of sp³-hybridized carbons (Fsp3) is 0.357. The summed E-state index contributed by atoms with van der Waals surface area (Å²) < 4.78 is 44.0. The summed E-state index contributed by atoms with van der Waals surface area (Å²) in [6.45, 7) is 0.0543. The number of halogens is 4. The van der Waals surface area contributed by atoms with Crippen molar-refractivity contribution in [2.45, 2.75) is 24.8 Å². The van der Waals surface area contributed by atoms with Crippen LogP contribution in [0.3, 0.4) is 0 Å². The molecule has 0 atom stereocenters. The number of carbonyl (C=O) groups is 1. The molecule has 0 unspecified atom stereocenters. The Bertz CT molecular complexity index is 741. The van der Waals surface area contributed by atoms with Gasteiger partial charge in [0.15, 0.2) is 0 Å². The van der Waals surface area contributed by atoms with Gasteiger partial charge in [-0.15, -0.1) is 0 Å². The van der Waals surface area contributed by atoms with Crippen LogP contribution in [0.15, 0.2) is 22.7 Å². The lowest BCUT2D eigenvalue weighted by atomic mass is 10.1. The van der Waals surface area contributed by atoms with Crippen LogP contribution < -0.4 is 5.32 Å². The van der Waals surface area contributed by atoms with Crippen LogP contribution in [0.25, 0.3) is 11.4 Å². The predicted molar refractivity (Wildman–Crippen MR) is 74.0 cm³/mol. The first-order valence-corrected chi connectivity index (χ1v) is 7.20. The van der Waals surface area contributed by atoms with E-state index in [-0.39, 0.29) is 35.3 Å². The van der Waals surface area contributed by atoms with Crippen LogP contribution in [-0.4, -0.2) is 16.0 Å². The Morgan fingerprint density at radius 1 is 1.43 bits per heavy atom. The maximum absolute atomic E-state index is 14.0. The van der Waals surface area contributed by atoms with Gasteiger partial charge in [0.2, 0.25) is 11.7 Å². The monoisotopic (exact) mass is 345 g/mol. The van der Waals surface area contributed by atoms with E-state index in [9.17, 15) is 18.0 Å². The van der Waals surface area contributed by atoms with Crippen LogP contribution in [0.2, 0.25) is 0 Å². The molecule has 9 heteroatoms. The van der Waals surface area contributed by atoms with E-state index < -0.39 is 17.1 Å². The number of alkyl halides is 3. The fourth-order valence-electron chi connectivity index (χ4n) is 1.96. The SMILES string of the molecule is O=C(NCc1ccc(-c2noc(C(F)(F)Cl)n2)cc1F)C1CC1. The van der Waals surface area contributed by atoms with E-state index in [0.717, 1.165) is 18.9 Å². The molecular weight excluding hydrogens is 335 g/mol. The number of nitrogens with one attached hydrogen (secondary N) is 1. The molecule has 1 aromatic heterocycles. The molecule has 0 bridgehead atoms. The Labute approximate surface area is 133 Å². The topological polar surface area (TPSA) is 68.0 Å². The number of hydrogen-bond donors (Lipinski definition) is 1. The highest BCUT2D eigenvalue weighted by Crippen LogP contribution is 2.32. The summed E-state index contributed by atoms with van der Waals surface area (Å²) in [6, 6.07) is 3.95. The van der Waals surface area contributed by atoms with Crippen molar-refractivity contribution < 1.29 is 22.5 Å². The van der Waals surface area contributed by atoms with E-state index in [1.165, 1.54) is 12.1 Å². The van der Waals surface area contributed by atoms with Gasteiger partial charge in [-0.25, -0.2) is 4.39 Å². The summed E-state index contributed by atoms with van der Waals surface area (Å²) >= 11 is 4.77. The van der Waals surface area contributed by atoms with Gasteiger partial charge < -0.3 is 9.84 Å². The Hall–Kier alpha value is -2.09. The average molecular weight is 346 g/mol. The van der Waals surface area contributed by atoms with Crippen LogP contribution in [0.1, 0.15) is 24.3 Å². The van der Waals surface area contributed by atoms with Crippen molar-refractivity contribution in [2.75, 3.05) is 0 Å². The van der Waals surface area contributed by atoms with Gasteiger partial charge in [-0.2, -0.15) is 13.8 Å². The molecule has 2 aromatic rings. The first kappa shape index (κ1) is 15.8. The second kappa shape index (κ2) is 5.84. The lowest BCUT2D eigenvalue weighted by molar-refractivity contribution is -0.122. The lowest BCUT2D eigenvalue weighted by Gasteiger charge is -2.06. The van der Waals surface area contributed by atoms with Crippen molar-refractivity contribution in [2.24, 2.45) is 5.92 Å². The molecule has 122 valence electrons. The highest BCUT2D eigenvalue weighted by Gasteiger charge is 2.35. The third-order valence-corrected chi connectivity index (χ3v) is 3.54. The molecule has 1 N–H and O–H groups in total. The van der Waals surface area contributed by atoms with Crippen molar-refractivity contribution >= 4 is 17.5 Å². The Balaban J connectivity index is 1.73. The van der Waals surface area contributed by atoms with Gasteiger partial charge in [-0.3, -0.25) is 4.79 Å². The van der Waals surface area contributed by atoms with E-state index in [1.54, 1.807) is 0 Å². The van der Waals surface area contributed by atoms with Crippen molar-refractivity contribution in [3.63, 3.8) is 0 Å².